The Morgan fingerprint density at radius 3 is 2.59 bits per heavy atom. The summed E-state index contributed by atoms with van der Waals surface area (Å²) in [5.41, 5.74) is -0.0566. The first-order valence-corrected chi connectivity index (χ1v) is 5.83. The molecule has 1 N–H and O–H groups in total. The molecule has 3 nitrogen and oxygen atoms in total. The van der Waals surface area contributed by atoms with Crippen molar-refractivity contribution >= 4 is 0 Å². The molecule has 1 unspecified atom stereocenters. The van der Waals surface area contributed by atoms with E-state index >= 15 is 0 Å². The van der Waals surface area contributed by atoms with Gasteiger partial charge in [-0.3, -0.25) is 4.90 Å². The molecule has 0 spiro atoms. The molecular weight excluding hydrogens is 233 g/mol. The topological polar surface area (TPSA) is 24.5 Å². The van der Waals surface area contributed by atoms with Crippen molar-refractivity contribution in [2.45, 2.75) is 19.5 Å². The van der Waals surface area contributed by atoms with Crippen LogP contribution in [0.5, 0.6) is 0 Å². The van der Waals surface area contributed by atoms with Gasteiger partial charge in [0.1, 0.15) is 0 Å². The molecule has 1 rings (SSSR count). The molecule has 0 radical (unpaired) electrons. The van der Waals surface area contributed by atoms with Gasteiger partial charge in [-0.05, 0) is 18.4 Å². The minimum atomic E-state index is -4.14. The lowest BCUT2D eigenvalue weighted by Crippen LogP contribution is -2.43. The van der Waals surface area contributed by atoms with Gasteiger partial charge >= 0.3 is 6.18 Å². The molecule has 1 aliphatic heterocycles. The third-order valence-electron chi connectivity index (χ3n) is 3.08. The lowest BCUT2D eigenvalue weighted by Gasteiger charge is -2.32. The fraction of sp³-hybridized carbons (Fsp3) is 1.00. The van der Waals surface area contributed by atoms with Crippen LogP contribution in [-0.4, -0.2) is 57.5 Å². The van der Waals surface area contributed by atoms with Crippen LogP contribution in [0.3, 0.4) is 0 Å². The maximum Gasteiger partial charge on any atom is 0.401 e. The molecule has 102 valence electrons. The average molecular weight is 254 g/mol. The standard InChI is InChI=1S/C11H21F3N2O/c1-10(3-4-15-7-10)8-16(5-6-17-2)9-11(12,13)14/h15H,3-9H2,1-2H3. The molecule has 0 aromatic carbocycles. The zero-order chi connectivity index (χ0) is 12.9. The highest BCUT2D eigenvalue weighted by Crippen LogP contribution is 2.27. The lowest BCUT2D eigenvalue weighted by atomic mass is 9.89. The van der Waals surface area contributed by atoms with E-state index < -0.39 is 12.7 Å². The third kappa shape index (κ3) is 5.70. The number of hydrogen-bond acceptors (Lipinski definition) is 3. The Morgan fingerprint density at radius 2 is 2.12 bits per heavy atom. The minimum absolute atomic E-state index is 0.0566. The molecule has 0 aromatic heterocycles. The molecule has 0 saturated carbocycles. The largest absolute Gasteiger partial charge is 0.401 e. The van der Waals surface area contributed by atoms with Crippen LogP contribution in [0.25, 0.3) is 0 Å². The van der Waals surface area contributed by atoms with E-state index in [4.69, 9.17) is 4.74 Å². The van der Waals surface area contributed by atoms with Gasteiger partial charge in [0.05, 0.1) is 13.2 Å². The molecule has 0 amide bonds. The molecule has 6 heteroatoms. The van der Waals surface area contributed by atoms with Crippen LogP contribution in [0.4, 0.5) is 13.2 Å². The summed E-state index contributed by atoms with van der Waals surface area (Å²) in [6, 6.07) is 0. The number of nitrogens with one attached hydrogen (secondary N) is 1. The highest BCUT2D eigenvalue weighted by Gasteiger charge is 2.35. The molecular formula is C11H21F3N2O. The summed E-state index contributed by atoms with van der Waals surface area (Å²) in [4.78, 5) is 1.44. The molecule has 1 atom stereocenters. The minimum Gasteiger partial charge on any atom is -0.383 e. The van der Waals surface area contributed by atoms with E-state index in [0.717, 1.165) is 19.5 Å². The fourth-order valence-electron chi connectivity index (χ4n) is 2.23. The maximum absolute atomic E-state index is 12.4. The van der Waals surface area contributed by atoms with Gasteiger partial charge in [-0.2, -0.15) is 13.2 Å². The van der Waals surface area contributed by atoms with Gasteiger partial charge < -0.3 is 10.1 Å². The van der Waals surface area contributed by atoms with E-state index in [0.29, 0.717) is 19.7 Å². The van der Waals surface area contributed by atoms with Crippen LogP contribution in [0.15, 0.2) is 0 Å². The first kappa shape index (κ1) is 14.7. The Morgan fingerprint density at radius 1 is 1.41 bits per heavy atom. The Bertz CT molecular complexity index is 227. The second-order valence-corrected chi connectivity index (χ2v) is 5.06. The zero-order valence-corrected chi connectivity index (χ0v) is 10.4. The highest BCUT2D eigenvalue weighted by atomic mass is 19.4. The van der Waals surface area contributed by atoms with Crippen molar-refractivity contribution in [3.05, 3.63) is 0 Å². The molecule has 1 aliphatic rings. The van der Waals surface area contributed by atoms with E-state index in [1.165, 1.54) is 12.0 Å². The smallest absolute Gasteiger partial charge is 0.383 e. The predicted molar refractivity (Wildman–Crippen MR) is 60.0 cm³/mol. The van der Waals surface area contributed by atoms with Gasteiger partial charge in [0, 0.05) is 26.7 Å². The first-order valence-electron chi connectivity index (χ1n) is 5.83. The highest BCUT2D eigenvalue weighted by molar-refractivity contribution is 4.87. The van der Waals surface area contributed by atoms with Crippen molar-refractivity contribution in [2.24, 2.45) is 5.41 Å². The number of nitrogens with zero attached hydrogens (tertiary/aromatic N) is 1. The van der Waals surface area contributed by atoms with Gasteiger partial charge in [-0.15, -0.1) is 0 Å². The summed E-state index contributed by atoms with van der Waals surface area (Å²) in [5.74, 6) is 0. The second kappa shape index (κ2) is 6.02. The summed E-state index contributed by atoms with van der Waals surface area (Å²) < 4.78 is 42.2. The Balaban J connectivity index is 2.50. The molecule has 17 heavy (non-hydrogen) atoms. The molecule has 1 saturated heterocycles. The molecule has 1 fully saturated rings. The van der Waals surface area contributed by atoms with Crippen molar-refractivity contribution < 1.29 is 17.9 Å². The van der Waals surface area contributed by atoms with Crippen LogP contribution in [0, 0.1) is 5.41 Å². The van der Waals surface area contributed by atoms with E-state index in [9.17, 15) is 13.2 Å². The van der Waals surface area contributed by atoms with E-state index in [2.05, 4.69) is 5.32 Å². The quantitative estimate of drug-likeness (QED) is 0.777. The normalized spacial score (nSPS) is 25.8. The van der Waals surface area contributed by atoms with Crippen LogP contribution in [0.1, 0.15) is 13.3 Å². The van der Waals surface area contributed by atoms with Crippen molar-refractivity contribution in [3.63, 3.8) is 0 Å². The third-order valence-corrected chi connectivity index (χ3v) is 3.08. The van der Waals surface area contributed by atoms with Crippen LogP contribution in [-0.2, 0) is 4.74 Å². The molecule has 1 heterocycles. The Hall–Kier alpha value is -0.330. The van der Waals surface area contributed by atoms with Gasteiger partial charge in [-0.1, -0.05) is 6.92 Å². The SMILES string of the molecule is COCCN(CC(F)(F)F)CC1(C)CCNC1. The number of methoxy groups -OCH3 is 1. The molecule has 0 aliphatic carbocycles. The molecule has 0 bridgehead atoms. The van der Waals surface area contributed by atoms with Gasteiger partial charge in [-0.25, -0.2) is 0 Å². The number of ether oxygens (including phenoxy) is 1. The predicted octanol–water partition coefficient (Wildman–Crippen LogP) is 1.50. The number of halogens is 3. The van der Waals surface area contributed by atoms with E-state index in [1.54, 1.807) is 0 Å². The number of hydrogen-bond donors (Lipinski definition) is 1. The fourth-order valence-corrected chi connectivity index (χ4v) is 2.23. The number of alkyl halides is 3. The van der Waals surface area contributed by atoms with Crippen molar-refractivity contribution in [2.75, 3.05) is 46.4 Å². The van der Waals surface area contributed by atoms with E-state index in [-0.39, 0.29) is 5.41 Å². The second-order valence-electron chi connectivity index (χ2n) is 5.06. The lowest BCUT2D eigenvalue weighted by molar-refractivity contribution is -0.149. The summed E-state index contributed by atoms with van der Waals surface area (Å²) in [6.07, 6.45) is -3.22. The number of rotatable bonds is 6. The van der Waals surface area contributed by atoms with E-state index in [1.807, 2.05) is 6.92 Å². The average Bonchev–Trinajstić information content (AvgIpc) is 2.59. The summed E-state index contributed by atoms with van der Waals surface area (Å²) >= 11 is 0. The summed E-state index contributed by atoms with van der Waals surface area (Å²) in [5, 5.41) is 3.20. The first-order chi connectivity index (χ1) is 7.85. The summed E-state index contributed by atoms with van der Waals surface area (Å²) in [6.45, 7) is 3.97. The Kier molecular flexibility index (Phi) is 5.22. The van der Waals surface area contributed by atoms with Gasteiger partial charge in [0.15, 0.2) is 0 Å². The van der Waals surface area contributed by atoms with Crippen LogP contribution >= 0.6 is 0 Å². The van der Waals surface area contributed by atoms with Gasteiger partial charge in [0.25, 0.3) is 0 Å². The summed E-state index contributed by atoms with van der Waals surface area (Å²) in [7, 11) is 1.50. The maximum atomic E-state index is 12.4. The van der Waals surface area contributed by atoms with Crippen molar-refractivity contribution in [1.82, 2.24) is 10.2 Å². The van der Waals surface area contributed by atoms with Gasteiger partial charge in [0.2, 0.25) is 0 Å². The zero-order valence-electron chi connectivity index (χ0n) is 10.4. The Labute approximate surface area is 100 Å². The monoisotopic (exact) mass is 254 g/mol. The van der Waals surface area contributed by atoms with Crippen molar-refractivity contribution in [1.29, 1.82) is 0 Å². The van der Waals surface area contributed by atoms with Crippen LogP contribution < -0.4 is 5.32 Å². The molecule has 0 aromatic rings. The van der Waals surface area contributed by atoms with Crippen molar-refractivity contribution in [3.8, 4) is 0 Å². The van der Waals surface area contributed by atoms with Crippen LogP contribution in [0.2, 0.25) is 0 Å².